The molecule has 100 valence electrons. The molecule has 0 saturated heterocycles. The average molecular weight is 272 g/mol. The topological polar surface area (TPSA) is 58.2 Å². The molecule has 0 heterocycles. The Hall–Kier alpha value is -0.980. The minimum absolute atomic E-state index is 0.00155. The summed E-state index contributed by atoms with van der Waals surface area (Å²) in [4.78, 5) is 0. The molecule has 2 rings (SSSR count). The molecule has 1 aliphatic carbocycles. The lowest BCUT2D eigenvalue weighted by Crippen LogP contribution is -2.32. The van der Waals surface area contributed by atoms with E-state index in [4.69, 9.17) is 0 Å². The van der Waals surface area contributed by atoms with Gasteiger partial charge in [-0.1, -0.05) is 18.2 Å². The zero-order valence-electron chi connectivity index (χ0n) is 10.0. The van der Waals surface area contributed by atoms with Gasteiger partial charge < -0.3 is 5.32 Å². The van der Waals surface area contributed by atoms with Crippen LogP contribution in [0, 0.1) is 5.82 Å². The summed E-state index contributed by atoms with van der Waals surface area (Å²) in [5, 5.41) is 3.13. The van der Waals surface area contributed by atoms with Crippen LogP contribution in [-0.2, 0) is 16.6 Å². The smallest absolute Gasteiger partial charge is 0.213 e. The third kappa shape index (κ3) is 4.36. The predicted molar refractivity (Wildman–Crippen MR) is 68.1 cm³/mol. The summed E-state index contributed by atoms with van der Waals surface area (Å²) in [7, 11) is -3.34. The zero-order chi connectivity index (χ0) is 13.0. The fraction of sp³-hybridized carbons (Fsp3) is 0.500. The number of sulfonamides is 1. The Labute approximate surface area is 107 Å². The molecule has 0 unspecified atom stereocenters. The van der Waals surface area contributed by atoms with Crippen molar-refractivity contribution < 1.29 is 12.8 Å². The van der Waals surface area contributed by atoms with E-state index in [0.29, 0.717) is 18.2 Å². The summed E-state index contributed by atoms with van der Waals surface area (Å²) in [5.74, 6) is -0.367. The molecule has 4 nitrogen and oxygen atoms in total. The molecule has 1 aliphatic rings. The molecule has 1 fully saturated rings. The Bertz CT molecular complexity index is 501. The van der Waals surface area contributed by atoms with E-state index >= 15 is 0 Å². The Balaban J connectivity index is 1.78. The van der Waals surface area contributed by atoms with E-state index in [1.165, 1.54) is 6.07 Å². The first-order valence-electron chi connectivity index (χ1n) is 6.01. The van der Waals surface area contributed by atoms with Gasteiger partial charge in [-0.15, -0.1) is 0 Å². The van der Waals surface area contributed by atoms with Crippen molar-refractivity contribution in [2.75, 3.05) is 12.3 Å². The van der Waals surface area contributed by atoms with Crippen LogP contribution in [0.3, 0.4) is 0 Å². The molecule has 0 aromatic heterocycles. The maximum atomic E-state index is 13.3. The zero-order valence-corrected chi connectivity index (χ0v) is 10.8. The second-order valence-electron chi connectivity index (χ2n) is 4.46. The van der Waals surface area contributed by atoms with Gasteiger partial charge in [-0.2, -0.15) is 0 Å². The van der Waals surface area contributed by atoms with Crippen LogP contribution in [0.15, 0.2) is 24.3 Å². The SMILES string of the molecule is O=S(=O)(CCNC1CC1)NCc1ccccc1F. The highest BCUT2D eigenvalue weighted by Gasteiger charge is 2.21. The second kappa shape index (κ2) is 5.77. The highest BCUT2D eigenvalue weighted by Crippen LogP contribution is 2.18. The largest absolute Gasteiger partial charge is 0.313 e. The average Bonchev–Trinajstić information content (AvgIpc) is 3.12. The van der Waals surface area contributed by atoms with Gasteiger partial charge in [-0.3, -0.25) is 0 Å². The summed E-state index contributed by atoms with van der Waals surface area (Å²) in [6, 6.07) is 6.64. The first kappa shape index (κ1) is 13.5. The quantitative estimate of drug-likeness (QED) is 0.778. The first-order valence-corrected chi connectivity index (χ1v) is 7.66. The van der Waals surface area contributed by atoms with Crippen molar-refractivity contribution in [2.24, 2.45) is 0 Å². The number of hydrogen-bond acceptors (Lipinski definition) is 3. The summed E-state index contributed by atoms with van der Waals surface area (Å²) in [6.45, 7) is 0.440. The number of nitrogens with one attached hydrogen (secondary N) is 2. The van der Waals surface area contributed by atoms with E-state index in [2.05, 4.69) is 10.0 Å². The number of benzene rings is 1. The maximum absolute atomic E-state index is 13.3. The lowest BCUT2D eigenvalue weighted by Gasteiger charge is -2.08. The van der Waals surface area contributed by atoms with E-state index in [0.717, 1.165) is 12.8 Å². The van der Waals surface area contributed by atoms with Crippen molar-refractivity contribution in [1.29, 1.82) is 0 Å². The molecule has 0 spiro atoms. The van der Waals surface area contributed by atoms with Crippen LogP contribution >= 0.6 is 0 Å². The molecule has 2 N–H and O–H groups in total. The van der Waals surface area contributed by atoms with E-state index in [1.807, 2.05) is 0 Å². The van der Waals surface area contributed by atoms with Crippen LogP contribution in [0.2, 0.25) is 0 Å². The summed E-state index contributed by atoms with van der Waals surface area (Å²) in [6.07, 6.45) is 2.26. The van der Waals surface area contributed by atoms with Gasteiger partial charge in [-0.05, 0) is 18.9 Å². The number of halogens is 1. The lowest BCUT2D eigenvalue weighted by molar-refractivity contribution is 0.570. The van der Waals surface area contributed by atoms with E-state index < -0.39 is 15.8 Å². The molecule has 0 aliphatic heterocycles. The molecule has 0 bridgehead atoms. The minimum Gasteiger partial charge on any atom is -0.313 e. The molecule has 1 saturated carbocycles. The van der Waals surface area contributed by atoms with Crippen molar-refractivity contribution in [1.82, 2.24) is 10.0 Å². The molecule has 18 heavy (non-hydrogen) atoms. The number of hydrogen-bond donors (Lipinski definition) is 2. The van der Waals surface area contributed by atoms with Gasteiger partial charge in [0.15, 0.2) is 0 Å². The monoisotopic (exact) mass is 272 g/mol. The van der Waals surface area contributed by atoms with Gasteiger partial charge >= 0.3 is 0 Å². The Morgan fingerprint density at radius 3 is 2.67 bits per heavy atom. The molecule has 0 radical (unpaired) electrons. The molecule has 0 atom stereocenters. The Morgan fingerprint density at radius 2 is 2.00 bits per heavy atom. The molecule has 1 aromatic rings. The van der Waals surface area contributed by atoms with Crippen LogP contribution in [-0.4, -0.2) is 26.8 Å². The minimum atomic E-state index is -3.34. The summed E-state index contributed by atoms with van der Waals surface area (Å²) in [5.41, 5.74) is 0.358. The van der Waals surface area contributed by atoms with E-state index in [1.54, 1.807) is 18.2 Å². The molecular formula is C12H17FN2O2S. The normalized spacial score (nSPS) is 15.8. The van der Waals surface area contributed by atoms with Gasteiger partial charge in [0.25, 0.3) is 0 Å². The number of rotatable bonds is 7. The van der Waals surface area contributed by atoms with Crippen molar-refractivity contribution in [3.63, 3.8) is 0 Å². The lowest BCUT2D eigenvalue weighted by atomic mass is 10.2. The van der Waals surface area contributed by atoms with Crippen LogP contribution < -0.4 is 10.0 Å². The van der Waals surface area contributed by atoms with Gasteiger partial charge in [0, 0.05) is 24.7 Å². The summed E-state index contributed by atoms with van der Waals surface area (Å²) >= 11 is 0. The summed E-state index contributed by atoms with van der Waals surface area (Å²) < 4.78 is 39.0. The Kier molecular flexibility index (Phi) is 4.31. The molecular weight excluding hydrogens is 255 g/mol. The fourth-order valence-corrected chi connectivity index (χ4v) is 2.49. The third-order valence-corrected chi connectivity index (χ3v) is 4.15. The molecule has 0 amide bonds. The first-order chi connectivity index (χ1) is 8.57. The highest BCUT2D eigenvalue weighted by molar-refractivity contribution is 7.89. The van der Waals surface area contributed by atoms with Crippen molar-refractivity contribution >= 4 is 10.0 Å². The molecule has 1 aromatic carbocycles. The van der Waals surface area contributed by atoms with Gasteiger partial charge in [0.1, 0.15) is 5.82 Å². The van der Waals surface area contributed by atoms with Gasteiger partial charge in [-0.25, -0.2) is 17.5 Å². The molecule has 6 heteroatoms. The van der Waals surface area contributed by atoms with E-state index in [9.17, 15) is 12.8 Å². The fourth-order valence-electron chi connectivity index (χ4n) is 1.59. The van der Waals surface area contributed by atoms with Crippen LogP contribution in [0.4, 0.5) is 4.39 Å². The van der Waals surface area contributed by atoms with Crippen molar-refractivity contribution in [2.45, 2.75) is 25.4 Å². The standard InChI is InChI=1S/C12H17FN2O2S/c13-12-4-2-1-3-10(12)9-15-18(16,17)8-7-14-11-5-6-11/h1-4,11,14-15H,5-9H2. The predicted octanol–water partition coefficient (Wildman–Crippen LogP) is 0.997. The van der Waals surface area contributed by atoms with Gasteiger partial charge in [0.05, 0.1) is 5.75 Å². The van der Waals surface area contributed by atoms with Crippen LogP contribution in [0.5, 0.6) is 0 Å². The van der Waals surface area contributed by atoms with Crippen LogP contribution in [0.1, 0.15) is 18.4 Å². The van der Waals surface area contributed by atoms with Crippen molar-refractivity contribution in [3.05, 3.63) is 35.6 Å². The Morgan fingerprint density at radius 1 is 1.28 bits per heavy atom. The van der Waals surface area contributed by atoms with Gasteiger partial charge in [0.2, 0.25) is 10.0 Å². The maximum Gasteiger partial charge on any atom is 0.213 e. The second-order valence-corrected chi connectivity index (χ2v) is 6.39. The third-order valence-electron chi connectivity index (χ3n) is 2.82. The van der Waals surface area contributed by atoms with Crippen molar-refractivity contribution in [3.8, 4) is 0 Å². The van der Waals surface area contributed by atoms with Crippen LogP contribution in [0.25, 0.3) is 0 Å². The highest BCUT2D eigenvalue weighted by atomic mass is 32.2. The van der Waals surface area contributed by atoms with E-state index in [-0.39, 0.29) is 12.3 Å².